The first-order chi connectivity index (χ1) is 15.3. The third-order valence-corrected chi connectivity index (χ3v) is 5.15. The zero-order valence-electron chi connectivity index (χ0n) is 17.7. The van der Waals surface area contributed by atoms with Gasteiger partial charge in [0.05, 0.1) is 23.3 Å². The van der Waals surface area contributed by atoms with Crippen LogP contribution in [0.1, 0.15) is 30.5 Å². The quantitative estimate of drug-likeness (QED) is 0.462. The van der Waals surface area contributed by atoms with Crippen molar-refractivity contribution in [1.29, 1.82) is 0 Å². The van der Waals surface area contributed by atoms with Gasteiger partial charge in [0.15, 0.2) is 0 Å². The van der Waals surface area contributed by atoms with Crippen LogP contribution in [0.25, 0.3) is 0 Å². The van der Waals surface area contributed by atoms with Gasteiger partial charge in [0.1, 0.15) is 12.4 Å². The molecule has 0 saturated heterocycles. The molecule has 2 amide bonds. The fraction of sp³-hybridized carbons (Fsp3) is 0.318. The maximum Gasteiger partial charge on any atom is 0.269 e. The van der Waals surface area contributed by atoms with Crippen molar-refractivity contribution in [3.05, 3.63) is 75.6 Å². The molecule has 1 heterocycles. The Morgan fingerprint density at radius 3 is 2.62 bits per heavy atom. The number of nitro groups is 1. The summed E-state index contributed by atoms with van der Waals surface area (Å²) in [5.41, 5.74) is 1.62. The van der Waals surface area contributed by atoms with Gasteiger partial charge in [0, 0.05) is 39.1 Å². The molecule has 10 heteroatoms. The van der Waals surface area contributed by atoms with Crippen LogP contribution in [-0.4, -0.2) is 59.2 Å². The second-order valence-electron chi connectivity index (χ2n) is 7.30. The minimum atomic E-state index is -0.598. The van der Waals surface area contributed by atoms with Crippen LogP contribution < -0.4 is 0 Å². The summed E-state index contributed by atoms with van der Waals surface area (Å²) in [5.74, 6) is -1.13. The van der Waals surface area contributed by atoms with Crippen molar-refractivity contribution in [2.45, 2.75) is 19.4 Å². The number of hydrogen-bond donors (Lipinski definition) is 0. The number of amides is 2. The van der Waals surface area contributed by atoms with Gasteiger partial charge in [-0.05, 0) is 23.3 Å². The highest BCUT2D eigenvalue weighted by Gasteiger charge is 2.34. The summed E-state index contributed by atoms with van der Waals surface area (Å²) in [6, 6.07) is 11.1. The van der Waals surface area contributed by atoms with Crippen LogP contribution in [-0.2, 0) is 14.3 Å². The van der Waals surface area contributed by atoms with Crippen LogP contribution in [0.5, 0.6) is 0 Å². The SMILES string of the molecule is COCCN(CC(=O)N1N=C(c2ccc(F)cc2)C[C@@H]1c1cccc([N+](=O)[O-])c1)C(C)=O. The van der Waals surface area contributed by atoms with Gasteiger partial charge in [-0.15, -0.1) is 0 Å². The average Bonchev–Trinajstić information content (AvgIpc) is 3.22. The molecule has 3 rings (SSSR count). The van der Waals surface area contributed by atoms with Crippen LogP contribution in [0, 0.1) is 15.9 Å². The van der Waals surface area contributed by atoms with E-state index in [9.17, 15) is 24.1 Å². The van der Waals surface area contributed by atoms with Gasteiger partial charge in [-0.25, -0.2) is 9.40 Å². The van der Waals surface area contributed by atoms with E-state index in [1.807, 2.05) is 0 Å². The Morgan fingerprint density at radius 1 is 1.28 bits per heavy atom. The molecule has 0 N–H and O–H groups in total. The fourth-order valence-corrected chi connectivity index (χ4v) is 3.45. The lowest BCUT2D eigenvalue weighted by Gasteiger charge is -2.26. The highest BCUT2D eigenvalue weighted by atomic mass is 19.1. The van der Waals surface area contributed by atoms with Crippen LogP contribution in [0.15, 0.2) is 53.6 Å². The third kappa shape index (κ3) is 5.33. The number of nitrogens with zero attached hydrogens (tertiary/aromatic N) is 4. The zero-order valence-corrected chi connectivity index (χ0v) is 17.7. The maximum atomic E-state index is 13.3. The summed E-state index contributed by atoms with van der Waals surface area (Å²) in [4.78, 5) is 37.2. The van der Waals surface area contributed by atoms with Gasteiger partial charge in [-0.3, -0.25) is 19.7 Å². The molecular weight excluding hydrogens is 419 g/mol. The van der Waals surface area contributed by atoms with Crippen molar-refractivity contribution in [2.75, 3.05) is 26.8 Å². The molecule has 0 bridgehead atoms. The van der Waals surface area contributed by atoms with E-state index in [0.717, 1.165) is 0 Å². The maximum absolute atomic E-state index is 13.3. The molecule has 168 valence electrons. The lowest BCUT2D eigenvalue weighted by molar-refractivity contribution is -0.385. The Kier molecular flexibility index (Phi) is 7.26. The molecule has 9 nitrogen and oxygen atoms in total. The Labute approximate surface area is 184 Å². The van der Waals surface area contributed by atoms with Crippen molar-refractivity contribution >= 4 is 23.2 Å². The minimum absolute atomic E-state index is 0.101. The van der Waals surface area contributed by atoms with E-state index in [4.69, 9.17) is 4.74 Å². The lowest BCUT2D eigenvalue weighted by atomic mass is 9.98. The van der Waals surface area contributed by atoms with Crippen molar-refractivity contribution < 1.29 is 23.6 Å². The third-order valence-electron chi connectivity index (χ3n) is 5.15. The molecule has 32 heavy (non-hydrogen) atoms. The highest BCUT2D eigenvalue weighted by Crippen LogP contribution is 2.34. The summed E-state index contributed by atoms with van der Waals surface area (Å²) in [6.45, 7) is 1.65. The van der Waals surface area contributed by atoms with Gasteiger partial charge in [0.2, 0.25) is 5.91 Å². The summed E-state index contributed by atoms with van der Waals surface area (Å²) in [5, 5.41) is 16.9. The zero-order chi connectivity index (χ0) is 23.3. The van der Waals surface area contributed by atoms with Gasteiger partial charge in [-0.2, -0.15) is 5.10 Å². The Balaban J connectivity index is 1.93. The van der Waals surface area contributed by atoms with Crippen LogP contribution in [0.3, 0.4) is 0 Å². The van der Waals surface area contributed by atoms with Crippen molar-refractivity contribution in [3.8, 4) is 0 Å². The summed E-state index contributed by atoms with van der Waals surface area (Å²) < 4.78 is 18.3. The van der Waals surface area contributed by atoms with Crippen molar-refractivity contribution in [3.63, 3.8) is 0 Å². The van der Waals surface area contributed by atoms with E-state index in [1.54, 1.807) is 24.3 Å². The van der Waals surface area contributed by atoms with Crippen LogP contribution in [0.2, 0.25) is 0 Å². The standard InChI is InChI=1S/C22H23FN4O5/c1-15(28)25(10-11-32-2)14-22(29)26-21(17-4-3-5-19(12-17)27(30)31)13-20(24-26)16-6-8-18(23)9-7-16/h3-9,12,21H,10-11,13-14H2,1-2H3/t21-/m1/s1. The molecule has 1 aliphatic rings. The predicted octanol–water partition coefficient (Wildman–Crippen LogP) is 2.91. The average molecular weight is 442 g/mol. The number of carbonyl (C=O) groups excluding carboxylic acids is 2. The molecule has 1 aliphatic heterocycles. The number of carbonyl (C=O) groups is 2. The van der Waals surface area contributed by atoms with E-state index in [1.165, 1.54) is 48.2 Å². The molecular formula is C22H23FN4O5. The lowest BCUT2D eigenvalue weighted by Crippen LogP contribution is -2.41. The summed E-state index contributed by atoms with van der Waals surface area (Å²) >= 11 is 0. The molecule has 0 radical (unpaired) electrons. The molecule has 0 saturated carbocycles. The molecule has 2 aromatic carbocycles. The monoisotopic (exact) mass is 442 g/mol. The summed E-state index contributed by atoms with van der Waals surface area (Å²) in [7, 11) is 1.50. The summed E-state index contributed by atoms with van der Waals surface area (Å²) in [6.07, 6.45) is 0.288. The molecule has 1 atom stereocenters. The van der Waals surface area contributed by atoms with Gasteiger partial charge in [0.25, 0.3) is 11.6 Å². The number of benzene rings is 2. The predicted molar refractivity (Wildman–Crippen MR) is 114 cm³/mol. The Hall–Kier alpha value is -3.66. The number of rotatable bonds is 8. The number of hydrogen-bond acceptors (Lipinski definition) is 6. The number of non-ortho nitro benzene ring substituents is 1. The number of nitro benzene ring substituents is 1. The first-order valence-electron chi connectivity index (χ1n) is 9.94. The molecule has 0 fully saturated rings. The van der Waals surface area contributed by atoms with E-state index in [2.05, 4.69) is 5.10 Å². The van der Waals surface area contributed by atoms with Gasteiger partial charge < -0.3 is 9.64 Å². The first-order valence-corrected chi connectivity index (χ1v) is 9.94. The number of halogens is 1. The van der Waals surface area contributed by atoms with E-state index in [-0.39, 0.29) is 37.7 Å². The first kappa shape index (κ1) is 23.0. The fourth-order valence-electron chi connectivity index (χ4n) is 3.45. The topological polar surface area (TPSA) is 105 Å². The van der Waals surface area contributed by atoms with E-state index in [0.29, 0.717) is 16.8 Å². The molecule has 0 unspecified atom stereocenters. The van der Waals surface area contributed by atoms with Crippen LogP contribution in [0.4, 0.5) is 10.1 Å². The van der Waals surface area contributed by atoms with E-state index >= 15 is 0 Å². The Bertz CT molecular complexity index is 1040. The number of methoxy groups -OCH3 is 1. The Morgan fingerprint density at radius 2 is 2.00 bits per heavy atom. The smallest absolute Gasteiger partial charge is 0.269 e. The number of ether oxygens (including phenoxy) is 1. The van der Waals surface area contributed by atoms with Gasteiger partial charge >= 0.3 is 0 Å². The molecule has 0 aliphatic carbocycles. The number of hydrazone groups is 1. The minimum Gasteiger partial charge on any atom is -0.383 e. The van der Waals surface area contributed by atoms with Gasteiger partial charge in [-0.1, -0.05) is 24.3 Å². The molecule has 0 spiro atoms. The molecule has 0 aromatic heterocycles. The largest absolute Gasteiger partial charge is 0.383 e. The second kappa shape index (κ2) is 10.1. The normalized spacial score (nSPS) is 15.4. The van der Waals surface area contributed by atoms with Crippen LogP contribution >= 0.6 is 0 Å². The van der Waals surface area contributed by atoms with Crippen molar-refractivity contribution in [1.82, 2.24) is 9.91 Å². The van der Waals surface area contributed by atoms with Crippen molar-refractivity contribution in [2.24, 2.45) is 5.10 Å². The van der Waals surface area contributed by atoms with E-state index < -0.39 is 22.7 Å². The molecule has 2 aromatic rings. The highest BCUT2D eigenvalue weighted by molar-refractivity contribution is 6.03. The second-order valence-corrected chi connectivity index (χ2v) is 7.30.